The van der Waals surface area contributed by atoms with Crippen LogP contribution in [-0.4, -0.2) is 50.0 Å². The van der Waals surface area contributed by atoms with E-state index in [0.717, 1.165) is 0 Å². The van der Waals surface area contributed by atoms with Crippen molar-refractivity contribution in [2.24, 2.45) is 5.41 Å². The molecule has 7 heteroatoms. The lowest BCUT2D eigenvalue weighted by Crippen LogP contribution is -2.49. The zero-order valence-electron chi connectivity index (χ0n) is 13.2. The second-order valence-corrected chi connectivity index (χ2v) is 8.90. The number of carbonyl (C=O) groups excluding carboxylic acids is 1. The number of sulfonamides is 1. The minimum absolute atomic E-state index is 0.0602. The lowest BCUT2D eigenvalue weighted by Gasteiger charge is -2.35. The van der Waals surface area contributed by atoms with E-state index in [0.29, 0.717) is 44.7 Å². The van der Waals surface area contributed by atoms with E-state index in [1.54, 1.807) is 0 Å². The molecule has 0 saturated carbocycles. The third kappa shape index (κ3) is 6.53. The number of likely N-dealkylation sites (tertiary alicyclic amines) is 1. The molecule has 1 amide bonds. The maximum absolute atomic E-state index is 12.2. The zero-order valence-corrected chi connectivity index (χ0v) is 14.8. The minimum atomic E-state index is -3.23. The normalized spacial score (nSPS) is 18.0. The SMILES string of the molecule is CC(C)(C)C(=O)N1CCC(NS(=O)(=O)CCCCCl)CC1. The highest BCUT2D eigenvalue weighted by atomic mass is 35.5. The van der Waals surface area contributed by atoms with Crippen LogP contribution in [-0.2, 0) is 14.8 Å². The quantitative estimate of drug-likeness (QED) is 0.594. The van der Waals surface area contributed by atoms with E-state index in [1.807, 2.05) is 25.7 Å². The van der Waals surface area contributed by atoms with E-state index in [4.69, 9.17) is 11.6 Å². The molecule has 1 heterocycles. The Kier molecular flexibility index (Phi) is 6.94. The standard InChI is InChI=1S/C14H27ClN2O3S/c1-14(2,3)13(18)17-9-6-12(7-10-17)16-21(19,20)11-5-4-8-15/h12,16H,4-11H2,1-3H3. The molecule has 5 nitrogen and oxygen atoms in total. The maximum atomic E-state index is 12.2. The number of hydrogen-bond donors (Lipinski definition) is 1. The maximum Gasteiger partial charge on any atom is 0.227 e. The van der Waals surface area contributed by atoms with E-state index in [9.17, 15) is 13.2 Å². The molecule has 1 fully saturated rings. The molecule has 0 atom stereocenters. The van der Waals surface area contributed by atoms with Crippen LogP contribution in [0.1, 0.15) is 46.5 Å². The van der Waals surface area contributed by atoms with Crippen LogP contribution in [0.3, 0.4) is 0 Å². The van der Waals surface area contributed by atoms with Gasteiger partial charge in [0.2, 0.25) is 15.9 Å². The minimum Gasteiger partial charge on any atom is -0.342 e. The number of carbonyl (C=O) groups is 1. The third-order valence-corrected chi connectivity index (χ3v) is 5.35. The number of halogens is 1. The highest BCUT2D eigenvalue weighted by molar-refractivity contribution is 7.89. The van der Waals surface area contributed by atoms with Crippen molar-refractivity contribution < 1.29 is 13.2 Å². The molecule has 1 aliphatic rings. The summed E-state index contributed by atoms with van der Waals surface area (Å²) < 4.78 is 26.6. The Bertz CT molecular complexity index is 438. The van der Waals surface area contributed by atoms with Crippen LogP contribution < -0.4 is 4.72 Å². The fourth-order valence-corrected chi connectivity index (χ4v) is 4.01. The van der Waals surface area contributed by atoms with Crippen molar-refractivity contribution in [1.82, 2.24) is 9.62 Å². The number of piperidine rings is 1. The van der Waals surface area contributed by atoms with Gasteiger partial charge < -0.3 is 4.90 Å². The highest BCUT2D eigenvalue weighted by Crippen LogP contribution is 2.21. The predicted molar refractivity (Wildman–Crippen MR) is 85.9 cm³/mol. The predicted octanol–water partition coefficient (Wildman–Crippen LogP) is 1.96. The van der Waals surface area contributed by atoms with Gasteiger partial charge in [0.05, 0.1) is 5.75 Å². The number of nitrogens with one attached hydrogen (secondary N) is 1. The Hall–Kier alpha value is -0.330. The average molecular weight is 339 g/mol. The molecule has 0 bridgehead atoms. The smallest absolute Gasteiger partial charge is 0.227 e. The van der Waals surface area contributed by atoms with Crippen molar-refractivity contribution in [3.8, 4) is 0 Å². The molecule has 1 rings (SSSR count). The number of alkyl halides is 1. The molecule has 21 heavy (non-hydrogen) atoms. The van der Waals surface area contributed by atoms with Crippen LogP contribution in [0.4, 0.5) is 0 Å². The van der Waals surface area contributed by atoms with Crippen molar-refractivity contribution in [2.75, 3.05) is 24.7 Å². The molecule has 124 valence electrons. The Balaban J connectivity index is 2.41. The number of nitrogens with zero attached hydrogens (tertiary/aromatic N) is 1. The Morgan fingerprint density at radius 3 is 2.29 bits per heavy atom. The highest BCUT2D eigenvalue weighted by Gasteiger charge is 2.31. The van der Waals surface area contributed by atoms with Gasteiger partial charge in [-0.25, -0.2) is 13.1 Å². The van der Waals surface area contributed by atoms with Gasteiger partial charge in [0.25, 0.3) is 0 Å². The first-order chi connectivity index (χ1) is 9.65. The van der Waals surface area contributed by atoms with Crippen LogP contribution in [0, 0.1) is 5.41 Å². The lowest BCUT2D eigenvalue weighted by atomic mass is 9.93. The number of amides is 1. The summed E-state index contributed by atoms with van der Waals surface area (Å²) in [5.74, 6) is 0.745. The summed E-state index contributed by atoms with van der Waals surface area (Å²) in [5, 5.41) is 0. The third-order valence-electron chi connectivity index (χ3n) is 3.57. The van der Waals surface area contributed by atoms with Crippen LogP contribution in [0.2, 0.25) is 0 Å². The molecular formula is C14H27ClN2O3S. The number of hydrogen-bond acceptors (Lipinski definition) is 3. The van der Waals surface area contributed by atoms with Gasteiger partial charge in [-0.05, 0) is 25.7 Å². The average Bonchev–Trinajstić information content (AvgIpc) is 2.37. The molecule has 0 aromatic rings. The molecule has 1 aliphatic heterocycles. The summed E-state index contributed by atoms with van der Waals surface area (Å²) >= 11 is 5.55. The van der Waals surface area contributed by atoms with Crippen LogP contribution in [0.15, 0.2) is 0 Å². The first-order valence-electron chi connectivity index (χ1n) is 7.51. The Morgan fingerprint density at radius 2 is 1.81 bits per heavy atom. The van der Waals surface area contributed by atoms with Gasteiger partial charge >= 0.3 is 0 Å². The largest absolute Gasteiger partial charge is 0.342 e. The Labute approximate surface area is 133 Å². The summed E-state index contributed by atoms with van der Waals surface area (Å²) in [6, 6.07) is -0.0602. The van der Waals surface area contributed by atoms with Gasteiger partial charge in [0.1, 0.15) is 0 Å². The van der Waals surface area contributed by atoms with Gasteiger partial charge in [-0.1, -0.05) is 20.8 Å². The fourth-order valence-electron chi connectivity index (χ4n) is 2.37. The zero-order chi connectivity index (χ0) is 16.1. The molecule has 0 aromatic carbocycles. The van der Waals surface area contributed by atoms with E-state index < -0.39 is 10.0 Å². The second kappa shape index (κ2) is 7.79. The van der Waals surface area contributed by atoms with Crippen molar-refractivity contribution in [3.05, 3.63) is 0 Å². The molecule has 0 unspecified atom stereocenters. The molecular weight excluding hydrogens is 312 g/mol. The second-order valence-electron chi connectivity index (χ2n) is 6.65. The molecule has 0 aromatic heterocycles. The molecule has 0 aliphatic carbocycles. The molecule has 1 N–H and O–H groups in total. The fraction of sp³-hybridized carbons (Fsp3) is 0.929. The number of unbranched alkanes of at least 4 members (excludes halogenated alkanes) is 1. The van der Waals surface area contributed by atoms with Crippen molar-refractivity contribution >= 4 is 27.5 Å². The summed E-state index contributed by atoms with van der Waals surface area (Å²) in [6.07, 6.45) is 2.65. The monoisotopic (exact) mass is 338 g/mol. The van der Waals surface area contributed by atoms with Crippen LogP contribution in [0.25, 0.3) is 0 Å². The van der Waals surface area contributed by atoms with Crippen LogP contribution >= 0.6 is 11.6 Å². The van der Waals surface area contributed by atoms with Gasteiger partial charge in [-0.15, -0.1) is 11.6 Å². The summed E-state index contributed by atoms with van der Waals surface area (Å²) in [4.78, 5) is 14.0. The topological polar surface area (TPSA) is 66.5 Å². The van der Waals surface area contributed by atoms with Crippen LogP contribution in [0.5, 0.6) is 0 Å². The van der Waals surface area contributed by atoms with E-state index in [2.05, 4.69) is 4.72 Å². The summed E-state index contributed by atoms with van der Waals surface area (Å²) in [7, 11) is -3.23. The summed E-state index contributed by atoms with van der Waals surface area (Å²) in [5.41, 5.74) is -0.381. The number of rotatable bonds is 6. The molecule has 0 radical (unpaired) electrons. The first-order valence-corrected chi connectivity index (χ1v) is 9.70. The van der Waals surface area contributed by atoms with E-state index in [-0.39, 0.29) is 23.1 Å². The Morgan fingerprint density at radius 1 is 1.24 bits per heavy atom. The van der Waals surface area contributed by atoms with Crippen molar-refractivity contribution in [2.45, 2.75) is 52.5 Å². The van der Waals surface area contributed by atoms with Gasteiger partial charge in [0.15, 0.2) is 0 Å². The molecule has 0 spiro atoms. The lowest BCUT2D eigenvalue weighted by molar-refractivity contribution is -0.140. The van der Waals surface area contributed by atoms with Gasteiger partial charge in [-0.2, -0.15) is 0 Å². The first kappa shape index (κ1) is 18.7. The van der Waals surface area contributed by atoms with Gasteiger partial charge in [0, 0.05) is 30.4 Å². The van der Waals surface area contributed by atoms with E-state index in [1.165, 1.54) is 0 Å². The van der Waals surface area contributed by atoms with Crippen molar-refractivity contribution in [1.29, 1.82) is 0 Å². The molecule has 1 saturated heterocycles. The summed E-state index contributed by atoms with van der Waals surface area (Å²) in [6.45, 7) is 6.94. The van der Waals surface area contributed by atoms with E-state index >= 15 is 0 Å². The van der Waals surface area contributed by atoms with Gasteiger partial charge in [-0.3, -0.25) is 4.79 Å². The van der Waals surface area contributed by atoms with Crippen molar-refractivity contribution in [3.63, 3.8) is 0 Å².